The number of hydrogen-bond donors (Lipinski definition) is 3. The average Bonchev–Trinajstić information content (AvgIpc) is 2.97. The molecule has 0 aliphatic rings. The van der Waals surface area contributed by atoms with Crippen molar-refractivity contribution < 1.29 is 23.2 Å². The highest BCUT2D eigenvalue weighted by Gasteiger charge is 2.31. The summed E-state index contributed by atoms with van der Waals surface area (Å²) >= 11 is 3.28. The molecule has 3 rings (SSSR count). The molecule has 0 saturated carbocycles. The number of alkyl halides is 3. The first kappa shape index (κ1) is 19.7. The van der Waals surface area contributed by atoms with Gasteiger partial charge in [0.25, 0.3) is 5.69 Å². The second kappa shape index (κ2) is 7.19. The minimum Gasteiger partial charge on any atom is -0.505 e. The summed E-state index contributed by atoms with van der Waals surface area (Å²) in [7, 11) is 1.54. The van der Waals surface area contributed by atoms with E-state index in [4.69, 9.17) is 0 Å². The number of nitrogens with one attached hydrogen (secondary N) is 2. The third kappa shape index (κ3) is 3.55. The van der Waals surface area contributed by atoms with Gasteiger partial charge in [-0.3, -0.25) is 10.1 Å². The van der Waals surface area contributed by atoms with Gasteiger partial charge in [0, 0.05) is 29.2 Å². The summed E-state index contributed by atoms with van der Waals surface area (Å²) in [5.41, 5.74) is -0.360. The van der Waals surface area contributed by atoms with Gasteiger partial charge in [0.15, 0.2) is 5.75 Å². The van der Waals surface area contributed by atoms with E-state index in [1.807, 2.05) is 0 Å². The lowest BCUT2D eigenvalue weighted by molar-refractivity contribution is -0.384. The smallest absolute Gasteiger partial charge is 0.416 e. The van der Waals surface area contributed by atoms with Crippen molar-refractivity contribution in [2.75, 3.05) is 12.4 Å². The number of nitrogens with zero attached hydrogens (tertiary/aromatic N) is 1. The summed E-state index contributed by atoms with van der Waals surface area (Å²) in [5.74, 6) is -0.0601. The fourth-order valence-electron chi connectivity index (χ4n) is 2.82. The lowest BCUT2D eigenvalue weighted by Crippen LogP contribution is -2.04. The van der Waals surface area contributed by atoms with Gasteiger partial charge in [0.2, 0.25) is 0 Å². The molecule has 0 aliphatic heterocycles. The highest BCUT2D eigenvalue weighted by atomic mass is 79.9. The Labute approximate surface area is 165 Å². The van der Waals surface area contributed by atoms with Crippen LogP contribution in [0.2, 0.25) is 0 Å². The van der Waals surface area contributed by atoms with Gasteiger partial charge in [0.05, 0.1) is 21.7 Å². The van der Waals surface area contributed by atoms with Crippen molar-refractivity contribution in [1.82, 2.24) is 4.98 Å². The first-order chi connectivity index (χ1) is 13.1. The van der Waals surface area contributed by atoms with Crippen LogP contribution in [0.15, 0.2) is 46.9 Å². The van der Waals surface area contributed by atoms with E-state index < -0.39 is 16.7 Å². The molecule has 3 aromatic rings. The van der Waals surface area contributed by atoms with Crippen molar-refractivity contribution in [2.45, 2.75) is 6.18 Å². The zero-order chi connectivity index (χ0) is 20.6. The van der Waals surface area contributed by atoms with Gasteiger partial charge in [0.1, 0.15) is 5.82 Å². The topological polar surface area (TPSA) is 91.2 Å². The van der Waals surface area contributed by atoms with E-state index in [0.29, 0.717) is 10.0 Å². The Morgan fingerprint density at radius 3 is 2.54 bits per heavy atom. The van der Waals surface area contributed by atoms with Crippen LogP contribution in [-0.4, -0.2) is 22.1 Å². The number of benzene rings is 2. The van der Waals surface area contributed by atoms with E-state index in [1.54, 1.807) is 0 Å². The molecule has 0 spiro atoms. The van der Waals surface area contributed by atoms with Crippen molar-refractivity contribution in [3.8, 4) is 28.1 Å². The van der Waals surface area contributed by atoms with E-state index in [9.17, 15) is 28.4 Å². The van der Waals surface area contributed by atoms with Gasteiger partial charge >= 0.3 is 6.18 Å². The van der Waals surface area contributed by atoms with Crippen LogP contribution in [0.25, 0.3) is 22.4 Å². The molecule has 0 unspecified atom stereocenters. The first-order valence-electron chi connectivity index (χ1n) is 7.88. The maximum atomic E-state index is 13.1. The number of non-ortho nitro benzene ring substituents is 1. The predicted molar refractivity (Wildman–Crippen MR) is 102 cm³/mol. The van der Waals surface area contributed by atoms with Gasteiger partial charge < -0.3 is 15.4 Å². The number of H-pyrrole nitrogens is 1. The number of rotatable bonds is 4. The molecule has 0 aliphatic carbocycles. The molecule has 2 aromatic carbocycles. The van der Waals surface area contributed by atoms with Gasteiger partial charge in [-0.2, -0.15) is 13.2 Å². The molecule has 10 heteroatoms. The zero-order valence-corrected chi connectivity index (χ0v) is 15.9. The van der Waals surface area contributed by atoms with E-state index in [2.05, 4.69) is 26.2 Å². The number of hydrogen-bond acceptors (Lipinski definition) is 4. The lowest BCUT2D eigenvalue weighted by atomic mass is 10.0. The standard InChI is InChI=1S/C18H13BrF3N3O3/c1-23-17-14(9-3-2-4-10(7-9)18(20,21)22)16(26)15(24-17)12-8-11(25(27)28)5-6-13(12)19/h2-8,23-24,26H,1H3. The summed E-state index contributed by atoms with van der Waals surface area (Å²) in [6.07, 6.45) is -4.53. The van der Waals surface area contributed by atoms with Crippen molar-refractivity contribution >= 4 is 27.4 Å². The van der Waals surface area contributed by atoms with Crippen LogP contribution >= 0.6 is 15.9 Å². The fourth-order valence-corrected chi connectivity index (χ4v) is 3.27. The zero-order valence-electron chi connectivity index (χ0n) is 14.3. The number of anilines is 1. The maximum absolute atomic E-state index is 13.1. The molecule has 1 aromatic heterocycles. The number of aromatic nitrogens is 1. The molecule has 0 fully saturated rings. The van der Waals surface area contributed by atoms with Crippen LogP contribution in [0.4, 0.5) is 24.7 Å². The number of nitro benzene ring substituents is 1. The lowest BCUT2D eigenvalue weighted by Gasteiger charge is -2.10. The van der Waals surface area contributed by atoms with Gasteiger partial charge in [-0.25, -0.2) is 0 Å². The van der Waals surface area contributed by atoms with Gasteiger partial charge in [-0.15, -0.1) is 0 Å². The molecular weight excluding hydrogens is 443 g/mol. The third-order valence-electron chi connectivity index (χ3n) is 4.13. The van der Waals surface area contributed by atoms with E-state index in [1.165, 1.54) is 37.4 Å². The molecule has 146 valence electrons. The summed E-state index contributed by atoms with van der Waals surface area (Å²) in [6.45, 7) is 0. The number of aromatic hydroxyl groups is 1. The molecule has 0 atom stereocenters. The van der Waals surface area contributed by atoms with Crippen molar-refractivity contribution in [1.29, 1.82) is 0 Å². The van der Waals surface area contributed by atoms with Crippen LogP contribution in [0.3, 0.4) is 0 Å². The highest BCUT2D eigenvalue weighted by Crippen LogP contribution is 2.46. The Kier molecular flexibility index (Phi) is 5.07. The number of aromatic amines is 1. The number of nitro groups is 1. The Morgan fingerprint density at radius 1 is 1.21 bits per heavy atom. The Hall–Kier alpha value is -3.01. The molecule has 28 heavy (non-hydrogen) atoms. The molecule has 0 bridgehead atoms. The normalized spacial score (nSPS) is 11.5. The van der Waals surface area contributed by atoms with E-state index in [-0.39, 0.29) is 34.1 Å². The van der Waals surface area contributed by atoms with Crippen molar-refractivity contribution in [2.24, 2.45) is 0 Å². The summed E-state index contributed by atoms with van der Waals surface area (Å²) in [6, 6.07) is 8.54. The van der Waals surface area contributed by atoms with Gasteiger partial charge in [-0.1, -0.05) is 28.1 Å². The van der Waals surface area contributed by atoms with E-state index >= 15 is 0 Å². The van der Waals surface area contributed by atoms with Crippen molar-refractivity contribution in [3.63, 3.8) is 0 Å². The Balaban J connectivity index is 2.22. The Morgan fingerprint density at radius 2 is 1.93 bits per heavy atom. The third-order valence-corrected chi connectivity index (χ3v) is 4.82. The number of halogens is 4. The summed E-state index contributed by atoms with van der Waals surface area (Å²) in [4.78, 5) is 13.4. The second-order valence-corrected chi connectivity index (χ2v) is 6.70. The average molecular weight is 456 g/mol. The quantitative estimate of drug-likeness (QED) is 0.343. The molecule has 0 saturated heterocycles. The second-order valence-electron chi connectivity index (χ2n) is 5.85. The van der Waals surface area contributed by atoms with Crippen molar-refractivity contribution in [3.05, 3.63) is 62.6 Å². The van der Waals surface area contributed by atoms with Crippen LogP contribution in [-0.2, 0) is 6.18 Å². The first-order valence-corrected chi connectivity index (χ1v) is 8.67. The molecule has 0 amide bonds. The van der Waals surface area contributed by atoms with Crippen LogP contribution < -0.4 is 5.32 Å². The molecule has 1 heterocycles. The largest absolute Gasteiger partial charge is 0.505 e. The summed E-state index contributed by atoms with van der Waals surface area (Å²) in [5, 5.41) is 24.6. The maximum Gasteiger partial charge on any atom is 0.416 e. The predicted octanol–water partition coefficient (Wildman–Crippen LogP) is 5.79. The van der Waals surface area contributed by atoms with Gasteiger partial charge in [-0.05, 0) is 23.8 Å². The van der Waals surface area contributed by atoms with Crippen LogP contribution in [0.5, 0.6) is 5.75 Å². The SMILES string of the molecule is CNc1[nH]c(-c2cc([N+](=O)[O-])ccc2Br)c(O)c1-c1cccc(C(F)(F)F)c1. The van der Waals surface area contributed by atoms with Crippen LogP contribution in [0, 0.1) is 10.1 Å². The summed E-state index contributed by atoms with van der Waals surface area (Å²) < 4.78 is 39.6. The molecule has 3 N–H and O–H groups in total. The minimum absolute atomic E-state index is 0.127. The molecule has 0 radical (unpaired) electrons. The molecule has 6 nitrogen and oxygen atoms in total. The minimum atomic E-state index is -4.53. The van der Waals surface area contributed by atoms with E-state index in [0.717, 1.165) is 12.1 Å². The Bertz CT molecular complexity index is 1060. The monoisotopic (exact) mass is 455 g/mol. The fraction of sp³-hybridized carbons (Fsp3) is 0.111. The van der Waals surface area contributed by atoms with Crippen LogP contribution in [0.1, 0.15) is 5.56 Å². The molecular formula is C18H13BrF3N3O3. The highest BCUT2D eigenvalue weighted by molar-refractivity contribution is 9.10.